The summed E-state index contributed by atoms with van der Waals surface area (Å²) in [4.78, 5) is 0.381. The minimum atomic E-state index is -4.33. The van der Waals surface area contributed by atoms with E-state index < -0.39 is 12.5 Å². The fourth-order valence-electron chi connectivity index (χ4n) is 1.62. The molecule has 0 radical (unpaired) electrons. The van der Waals surface area contributed by atoms with E-state index in [9.17, 15) is 13.2 Å². The first kappa shape index (κ1) is 12.1. The second-order valence-electron chi connectivity index (χ2n) is 3.48. The van der Waals surface area contributed by atoms with Gasteiger partial charge < -0.3 is 0 Å². The molecule has 1 aliphatic rings. The molecule has 3 nitrogen and oxygen atoms in total. The number of hydrogen-bond acceptors (Lipinski definition) is 3. The van der Waals surface area contributed by atoms with Crippen LogP contribution in [0.25, 0.3) is 0 Å². The van der Waals surface area contributed by atoms with Crippen LogP contribution in [0.2, 0.25) is 0 Å². The summed E-state index contributed by atoms with van der Waals surface area (Å²) < 4.78 is 37.7. The summed E-state index contributed by atoms with van der Waals surface area (Å²) in [7, 11) is 0. The van der Waals surface area contributed by atoms with Crippen LogP contribution >= 0.6 is 0 Å². The van der Waals surface area contributed by atoms with E-state index in [-0.39, 0.29) is 0 Å². The Kier molecular flexibility index (Phi) is 3.82. The van der Waals surface area contributed by atoms with Gasteiger partial charge in [-0.15, -0.1) is 13.2 Å². The van der Waals surface area contributed by atoms with E-state index in [4.69, 9.17) is 0 Å². The molecule has 88 valence electrons. The van der Waals surface area contributed by atoms with Gasteiger partial charge in [0.15, 0.2) is 0 Å². The third-order valence-electron chi connectivity index (χ3n) is 2.42. The van der Waals surface area contributed by atoms with Crippen LogP contribution in [0.5, 0.6) is 0 Å². The normalized spacial score (nSPS) is 21.5. The standard InChI is InChI=1S/C9H16F3N3/c1-3-5-6-8-14(9(10,11)12)7-13-15(8)4-2/h7-8H,3-6H2,1-2H3. The minimum absolute atomic E-state index is 0.381. The van der Waals surface area contributed by atoms with E-state index in [1.807, 2.05) is 6.92 Å². The second-order valence-corrected chi connectivity index (χ2v) is 3.48. The molecule has 0 aromatic carbocycles. The maximum atomic E-state index is 12.6. The largest absolute Gasteiger partial charge is 0.487 e. The molecule has 0 N–H and O–H groups in total. The van der Waals surface area contributed by atoms with Gasteiger partial charge in [-0.2, -0.15) is 5.10 Å². The van der Waals surface area contributed by atoms with Crippen molar-refractivity contribution in [2.45, 2.75) is 45.6 Å². The van der Waals surface area contributed by atoms with E-state index in [1.54, 1.807) is 6.92 Å². The van der Waals surface area contributed by atoms with Crippen molar-refractivity contribution in [2.75, 3.05) is 6.54 Å². The molecule has 0 bridgehead atoms. The lowest BCUT2D eigenvalue weighted by Crippen LogP contribution is -2.47. The molecule has 0 aromatic rings. The molecule has 1 atom stereocenters. The average molecular weight is 223 g/mol. The topological polar surface area (TPSA) is 18.8 Å². The molecule has 0 amide bonds. The van der Waals surface area contributed by atoms with Crippen LogP contribution in [0.3, 0.4) is 0 Å². The Balaban J connectivity index is 2.67. The third kappa shape index (κ3) is 2.76. The molecular formula is C9H16F3N3. The van der Waals surface area contributed by atoms with E-state index in [0.29, 0.717) is 17.9 Å². The Labute approximate surface area is 87.5 Å². The van der Waals surface area contributed by atoms with Crippen molar-refractivity contribution < 1.29 is 13.2 Å². The molecule has 1 rings (SSSR count). The molecule has 0 saturated heterocycles. The minimum Gasteiger partial charge on any atom is -0.273 e. The molecule has 15 heavy (non-hydrogen) atoms. The molecule has 0 saturated carbocycles. The van der Waals surface area contributed by atoms with Crippen molar-refractivity contribution >= 4 is 6.34 Å². The van der Waals surface area contributed by atoms with Crippen molar-refractivity contribution in [3.8, 4) is 0 Å². The van der Waals surface area contributed by atoms with E-state index in [0.717, 1.165) is 19.2 Å². The maximum Gasteiger partial charge on any atom is 0.487 e. The predicted octanol–water partition coefficient (Wildman–Crippen LogP) is 2.60. The van der Waals surface area contributed by atoms with E-state index >= 15 is 0 Å². The summed E-state index contributed by atoms with van der Waals surface area (Å²) in [6.45, 7) is 4.26. The van der Waals surface area contributed by atoms with Gasteiger partial charge in [0.25, 0.3) is 0 Å². The van der Waals surface area contributed by atoms with Crippen molar-refractivity contribution in [3.63, 3.8) is 0 Å². The number of halogens is 3. The number of nitrogens with zero attached hydrogens (tertiary/aromatic N) is 3. The van der Waals surface area contributed by atoms with Gasteiger partial charge in [-0.1, -0.05) is 13.3 Å². The zero-order valence-electron chi connectivity index (χ0n) is 8.96. The summed E-state index contributed by atoms with van der Waals surface area (Å²) in [5, 5.41) is 5.23. The first-order valence-corrected chi connectivity index (χ1v) is 5.16. The van der Waals surface area contributed by atoms with Gasteiger partial charge in [-0.25, -0.2) is 0 Å². The van der Waals surface area contributed by atoms with Gasteiger partial charge in [0.2, 0.25) is 0 Å². The Hall–Kier alpha value is -0.940. The molecule has 1 unspecified atom stereocenters. The molecule has 0 aliphatic carbocycles. The lowest BCUT2D eigenvalue weighted by Gasteiger charge is -2.30. The van der Waals surface area contributed by atoms with Crippen LogP contribution in [0.1, 0.15) is 33.1 Å². The molecule has 1 aliphatic heterocycles. The third-order valence-corrected chi connectivity index (χ3v) is 2.42. The smallest absolute Gasteiger partial charge is 0.273 e. The zero-order chi connectivity index (χ0) is 11.5. The molecule has 0 fully saturated rings. The Bertz CT molecular complexity index is 227. The molecule has 6 heteroatoms. The van der Waals surface area contributed by atoms with Crippen molar-refractivity contribution in [2.24, 2.45) is 5.10 Å². The van der Waals surface area contributed by atoms with Crippen LogP contribution in [-0.4, -0.2) is 35.3 Å². The van der Waals surface area contributed by atoms with Crippen molar-refractivity contribution in [1.82, 2.24) is 9.91 Å². The average Bonchev–Trinajstić information content (AvgIpc) is 2.56. The summed E-state index contributed by atoms with van der Waals surface area (Å²) in [5.41, 5.74) is 0. The van der Waals surface area contributed by atoms with Crippen molar-refractivity contribution in [3.05, 3.63) is 0 Å². The van der Waals surface area contributed by atoms with Gasteiger partial charge >= 0.3 is 6.30 Å². The summed E-state index contributed by atoms with van der Waals surface area (Å²) >= 11 is 0. The maximum absolute atomic E-state index is 12.6. The fraction of sp³-hybridized carbons (Fsp3) is 0.889. The van der Waals surface area contributed by atoms with Crippen LogP contribution in [0.15, 0.2) is 5.10 Å². The number of alkyl halides is 3. The summed E-state index contributed by atoms with van der Waals surface area (Å²) in [6, 6.07) is 0. The van der Waals surface area contributed by atoms with E-state index in [1.165, 1.54) is 5.01 Å². The predicted molar refractivity (Wildman–Crippen MR) is 52.1 cm³/mol. The SMILES string of the molecule is CCCCC1N(CC)N=CN1C(F)(F)F. The van der Waals surface area contributed by atoms with Crippen LogP contribution in [0.4, 0.5) is 13.2 Å². The second kappa shape index (κ2) is 4.72. The highest BCUT2D eigenvalue weighted by molar-refractivity contribution is 5.57. The lowest BCUT2D eigenvalue weighted by molar-refractivity contribution is -0.235. The highest BCUT2D eigenvalue weighted by Gasteiger charge is 2.44. The Morgan fingerprint density at radius 2 is 2.00 bits per heavy atom. The zero-order valence-corrected chi connectivity index (χ0v) is 8.96. The summed E-state index contributed by atoms with van der Waals surface area (Å²) in [5.74, 6) is 0. The molecule has 0 spiro atoms. The lowest BCUT2D eigenvalue weighted by atomic mass is 10.2. The van der Waals surface area contributed by atoms with Gasteiger partial charge in [-0.3, -0.25) is 9.91 Å². The highest BCUT2D eigenvalue weighted by atomic mass is 19.4. The van der Waals surface area contributed by atoms with Crippen molar-refractivity contribution in [1.29, 1.82) is 0 Å². The number of hydrazone groups is 1. The van der Waals surface area contributed by atoms with Gasteiger partial charge in [0, 0.05) is 6.54 Å². The molecule has 1 heterocycles. The molecule has 0 aromatic heterocycles. The first-order valence-electron chi connectivity index (χ1n) is 5.16. The van der Waals surface area contributed by atoms with E-state index in [2.05, 4.69) is 5.10 Å². The monoisotopic (exact) mass is 223 g/mol. The van der Waals surface area contributed by atoms with Crippen LogP contribution in [-0.2, 0) is 0 Å². The fourth-order valence-corrected chi connectivity index (χ4v) is 1.62. The quantitative estimate of drug-likeness (QED) is 0.682. The van der Waals surface area contributed by atoms with Gasteiger partial charge in [0.1, 0.15) is 12.5 Å². The summed E-state index contributed by atoms with van der Waals surface area (Å²) in [6.07, 6.45) is -1.95. The van der Waals surface area contributed by atoms with Crippen LogP contribution in [0, 0.1) is 0 Å². The number of unbranched alkanes of at least 4 members (excludes halogenated alkanes) is 1. The van der Waals surface area contributed by atoms with Crippen LogP contribution < -0.4 is 0 Å². The first-order chi connectivity index (χ1) is 7.00. The number of hydrogen-bond donors (Lipinski definition) is 0. The number of rotatable bonds is 4. The highest BCUT2D eigenvalue weighted by Crippen LogP contribution is 2.29. The Morgan fingerprint density at radius 3 is 2.47 bits per heavy atom. The molecular weight excluding hydrogens is 207 g/mol. The van der Waals surface area contributed by atoms with Gasteiger partial charge in [0.05, 0.1) is 0 Å². The van der Waals surface area contributed by atoms with Gasteiger partial charge in [-0.05, 0) is 19.8 Å². The Morgan fingerprint density at radius 1 is 1.33 bits per heavy atom.